The Morgan fingerprint density at radius 2 is 0.750 bits per heavy atom. The molecule has 0 aromatic heterocycles. The molecular formula is C27H55B2F8P3. The molecule has 0 nitrogen and oxygen atoms in total. The van der Waals surface area contributed by atoms with Crippen LogP contribution < -0.4 is 0 Å². The second-order valence-corrected chi connectivity index (χ2v) is 16.7. The molecule has 0 aliphatic heterocycles. The Labute approximate surface area is 245 Å². The van der Waals surface area contributed by atoms with Crippen LogP contribution in [0.25, 0.3) is 0 Å². The van der Waals surface area contributed by atoms with Crippen LogP contribution in [-0.2, 0) is 0 Å². The molecule has 0 aromatic rings. The quantitative estimate of drug-likeness (QED) is 0.147. The van der Waals surface area contributed by atoms with Crippen molar-refractivity contribution in [2.45, 2.75) is 151 Å². The monoisotopic (exact) mass is 646 g/mol. The first kappa shape index (κ1) is 38.9. The topological polar surface area (TPSA) is 0 Å². The first-order valence-electron chi connectivity index (χ1n) is 15.6. The molecule has 0 bridgehead atoms. The summed E-state index contributed by atoms with van der Waals surface area (Å²) >= 11 is 0. The van der Waals surface area contributed by atoms with Crippen LogP contribution in [-0.4, -0.2) is 37.1 Å². The van der Waals surface area contributed by atoms with Gasteiger partial charge in [0.15, 0.2) is 0 Å². The minimum atomic E-state index is -6.00. The molecule has 0 aromatic carbocycles. The summed E-state index contributed by atoms with van der Waals surface area (Å²) in [5.74, 6) is 2.15. The molecule has 0 radical (unpaired) electrons. The molecule has 240 valence electrons. The van der Waals surface area contributed by atoms with Crippen molar-refractivity contribution >= 4 is 41.6 Å². The maximum Gasteiger partial charge on any atom is 0.673 e. The number of rotatable bonds is 7. The van der Waals surface area contributed by atoms with Gasteiger partial charge in [-0.15, -0.1) is 7.92 Å². The van der Waals surface area contributed by atoms with E-state index in [1.165, 1.54) is 51.4 Å². The minimum Gasteiger partial charge on any atom is -0.418 e. The Bertz CT molecular complexity index is 585. The summed E-state index contributed by atoms with van der Waals surface area (Å²) in [6.07, 6.45) is 34.5. The van der Waals surface area contributed by atoms with E-state index >= 15 is 0 Å². The highest BCUT2D eigenvalue weighted by atomic mass is 31.1. The lowest BCUT2D eigenvalue weighted by Gasteiger charge is -2.45. The molecule has 0 saturated heterocycles. The van der Waals surface area contributed by atoms with E-state index < -0.39 is 14.5 Å². The average Bonchev–Trinajstić information content (AvgIpc) is 2.89. The summed E-state index contributed by atoms with van der Waals surface area (Å²) in [5, 5.41) is 0.713. The van der Waals surface area contributed by atoms with Crippen molar-refractivity contribution in [1.29, 1.82) is 0 Å². The molecule has 0 N–H and O–H groups in total. The van der Waals surface area contributed by atoms with Crippen molar-refractivity contribution in [3.05, 3.63) is 0 Å². The largest absolute Gasteiger partial charge is 0.673 e. The van der Waals surface area contributed by atoms with E-state index in [4.69, 9.17) is 0 Å². The van der Waals surface area contributed by atoms with E-state index in [0.717, 1.165) is 23.2 Å². The van der Waals surface area contributed by atoms with Crippen LogP contribution in [0.15, 0.2) is 0 Å². The van der Waals surface area contributed by atoms with Crippen LogP contribution in [0.2, 0.25) is 0 Å². The Balaban J connectivity index is 0.000000628. The molecular weight excluding hydrogens is 591 g/mol. The fourth-order valence-corrected chi connectivity index (χ4v) is 13.3. The van der Waals surface area contributed by atoms with E-state index in [1.807, 2.05) is 0 Å². The van der Waals surface area contributed by atoms with Gasteiger partial charge in [0.2, 0.25) is 0 Å². The Morgan fingerprint density at radius 3 is 1.02 bits per heavy atom. The normalized spacial score (nSPS) is 23.0. The molecule has 0 heterocycles. The van der Waals surface area contributed by atoms with E-state index in [2.05, 4.69) is 9.24 Å². The lowest BCUT2D eigenvalue weighted by Crippen LogP contribution is -2.42. The fraction of sp³-hybridized carbons (Fsp3) is 1.00. The zero-order valence-electron chi connectivity index (χ0n) is 24.7. The number of hydrogen-bond acceptors (Lipinski definition) is 0. The molecule has 4 aliphatic carbocycles. The summed E-state index contributed by atoms with van der Waals surface area (Å²) in [7, 11) is -9.15. The summed E-state index contributed by atoms with van der Waals surface area (Å²) in [6.45, 7) is 0. The zero-order valence-corrected chi connectivity index (χ0v) is 29.0. The predicted molar refractivity (Wildman–Crippen MR) is 170 cm³/mol. The Hall–Kier alpha value is 0.860. The van der Waals surface area contributed by atoms with Crippen molar-refractivity contribution in [1.82, 2.24) is 0 Å². The molecule has 4 aliphatic rings. The Morgan fingerprint density at radius 1 is 0.500 bits per heavy atom. The molecule has 4 rings (SSSR count). The van der Waals surface area contributed by atoms with E-state index in [1.54, 1.807) is 89.6 Å². The van der Waals surface area contributed by atoms with Crippen molar-refractivity contribution in [3.63, 3.8) is 0 Å². The van der Waals surface area contributed by atoms with Gasteiger partial charge < -0.3 is 34.5 Å². The summed E-state index contributed by atoms with van der Waals surface area (Å²) in [6, 6.07) is 0. The van der Waals surface area contributed by atoms with Gasteiger partial charge in [-0.05, 0) is 106 Å². The van der Waals surface area contributed by atoms with Crippen molar-refractivity contribution in [2.75, 3.05) is 6.16 Å². The standard InChI is InChI=1S/C27H50P2.2BF4.H3P/c28-27(23-13-5-1-6-14-23,24-15-7-2-8-16-24)21-22-29(25-17-9-3-10-18-25)26-19-11-4-12-20-26;2*2-1(3,4)5;/h23-26H,1-22,28H2;;;1H3/q;2*-1;/p+2. The van der Waals surface area contributed by atoms with Crippen LogP contribution in [0.5, 0.6) is 0 Å². The molecule has 0 spiro atoms. The SMILES string of the molecule is F[B-](F)(F)F.F[B-](F)(F)F.[PH3+]C(CCP(C1CCCCC1)C1CCCCC1)(C1CCCCC1)C1CCCCC1.[PH4+]. The maximum atomic E-state index is 9.75. The van der Waals surface area contributed by atoms with E-state index in [9.17, 15) is 34.5 Å². The van der Waals surface area contributed by atoms with Crippen molar-refractivity contribution < 1.29 is 34.5 Å². The van der Waals surface area contributed by atoms with Crippen LogP contribution in [0.4, 0.5) is 34.5 Å². The average molecular weight is 646 g/mol. The first-order valence-corrected chi connectivity index (χ1v) is 18.0. The van der Waals surface area contributed by atoms with Gasteiger partial charge in [-0.3, -0.25) is 0 Å². The lowest BCUT2D eigenvalue weighted by molar-refractivity contribution is 0.170. The van der Waals surface area contributed by atoms with Crippen LogP contribution >= 0.6 is 27.1 Å². The van der Waals surface area contributed by atoms with Gasteiger partial charge in [0, 0.05) is 0 Å². The molecule has 2 unspecified atom stereocenters. The van der Waals surface area contributed by atoms with E-state index in [0.29, 0.717) is 13.1 Å². The summed E-state index contributed by atoms with van der Waals surface area (Å²) in [4.78, 5) is 0. The molecule has 4 saturated carbocycles. The molecule has 4 fully saturated rings. The van der Waals surface area contributed by atoms with Gasteiger partial charge in [0.05, 0.1) is 5.16 Å². The highest BCUT2D eigenvalue weighted by molar-refractivity contribution is 7.59. The highest BCUT2D eigenvalue weighted by Gasteiger charge is 2.47. The summed E-state index contributed by atoms with van der Waals surface area (Å²) in [5.41, 5.74) is 2.32. The second-order valence-electron chi connectivity index (χ2n) is 12.5. The molecule has 0 amide bonds. The zero-order chi connectivity index (χ0) is 28.9. The smallest absolute Gasteiger partial charge is 0.418 e. The van der Waals surface area contributed by atoms with Crippen LogP contribution in [0, 0.1) is 11.8 Å². The lowest BCUT2D eigenvalue weighted by atomic mass is 9.68. The second kappa shape index (κ2) is 19.3. The van der Waals surface area contributed by atoms with Crippen molar-refractivity contribution in [3.8, 4) is 0 Å². The number of hydrogen-bond donors (Lipinski definition) is 0. The molecule has 2 atom stereocenters. The fourth-order valence-electron chi connectivity index (χ4n) is 7.92. The van der Waals surface area contributed by atoms with E-state index in [-0.39, 0.29) is 9.90 Å². The third-order valence-corrected chi connectivity index (χ3v) is 14.9. The van der Waals surface area contributed by atoms with Gasteiger partial charge >= 0.3 is 14.5 Å². The van der Waals surface area contributed by atoms with Gasteiger partial charge in [0.25, 0.3) is 0 Å². The first-order chi connectivity index (χ1) is 18.3. The molecule has 40 heavy (non-hydrogen) atoms. The van der Waals surface area contributed by atoms with Gasteiger partial charge in [-0.25, -0.2) is 0 Å². The van der Waals surface area contributed by atoms with Crippen LogP contribution in [0.1, 0.15) is 135 Å². The highest BCUT2D eigenvalue weighted by Crippen LogP contribution is 2.59. The van der Waals surface area contributed by atoms with Crippen molar-refractivity contribution in [2.24, 2.45) is 11.8 Å². The Kier molecular flexibility index (Phi) is 18.8. The maximum absolute atomic E-state index is 9.75. The van der Waals surface area contributed by atoms with Gasteiger partial charge in [-0.1, -0.05) is 77.0 Å². The molecule has 13 heteroatoms. The number of halogens is 8. The minimum absolute atomic E-state index is 0. The predicted octanol–water partition coefficient (Wildman–Crippen LogP) is 11.4. The van der Waals surface area contributed by atoms with Gasteiger partial charge in [0.1, 0.15) is 0 Å². The third kappa shape index (κ3) is 16.1. The summed E-state index contributed by atoms with van der Waals surface area (Å²) < 4.78 is 78.0. The van der Waals surface area contributed by atoms with Gasteiger partial charge in [-0.2, -0.15) is 0 Å². The van der Waals surface area contributed by atoms with Crippen LogP contribution in [0.3, 0.4) is 0 Å². The third-order valence-electron chi connectivity index (χ3n) is 9.76.